The van der Waals surface area contributed by atoms with Crippen LogP contribution in [0.15, 0.2) is 29.8 Å². The van der Waals surface area contributed by atoms with Crippen molar-refractivity contribution in [3.05, 3.63) is 51.5 Å². The van der Waals surface area contributed by atoms with Gasteiger partial charge < -0.3 is 10.0 Å². The number of hydrogen-bond donors (Lipinski definition) is 1. The Kier molecular flexibility index (Phi) is 5.09. The van der Waals surface area contributed by atoms with E-state index in [0.29, 0.717) is 12.1 Å². The standard InChI is InChI=1S/C16H16N2O2S/c1-12-8-14(5-6-17-12)16(20)18(2)10-15-9-13(11-21-15)4-3-7-19/h5-6,8-9,11,19H,7,10H2,1-2H3. The number of carbonyl (C=O) groups excluding carboxylic acids is 1. The monoisotopic (exact) mass is 300 g/mol. The number of nitrogens with zero attached hydrogens (tertiary/aromatic N) is 2. The van der Waals surface area contributed by atoms with E-state index in [9.17, 15) is 4.79 Å². The molecule has 0 atom stereocenters. The van der Waals surface area contributed by atoms with E-state index in [1.807, 2.05) is 18.4 Å². The summed E-state index contributed by atoms with van der Waals surface area (Å²) in [5.74, 6) is 5.44. The van der Waals surface area contributed by atoms with Crippen molar-refractivity contribution in [2.75, 3.05) is 13.7 Å². The predicted octanol–water partition coefficient (Wildman–Crippen LogP) is 2.07. The minimum Gasteiger partial charge on any atom is -0.384 e. The number of carbonyl (C=O) groups is 1. The molecule has 108 valence electrons. The molecule has 0 saturated carbocycles. The first-order valence-electron chi connectivity index (χ1n) is 6.45. The highest BCUT2D eigenvalue weighted by atomic mass is 32.1. The summed E-state index contributed by atoms with van der Waals surface area (Å²) < 4.78 is 0. The normalized spacial score (nSPS) is 9.86. The van der Waals surface area contributed by atoms with Crippen molar-refractivity contribution in [2.24, 2.45) is 0 Å². The number of aliphatic hydroxyl groups is 1. The van der Waals surface area contributed by atoms with Gasteiger partial charge in [0.1, 0.15) is 6.61 Å². The summed E-state index contributed by atoms with van der Waals surface area (Å²) in [5, 5.41) is 10.6. The Morgan fingerprint density at radius 2 is 2.29 bits per heavy atom. The Labute approximate surface area is 128 Å². The highest BCUT2D eigenvalue weighted by molar-refractivity contribution is 7.10. The molecular formula is C16H16N2O2S. The number of thiophene rings is 1. The Hall–Kier alpha value is -2.16. The molecule has 0 aliphatic carbocycles. The third kappa shape index (κ3) is 4.15. The average molecular weight is 300 g/mol. The van der Waals surface area contributed by atoms with Crippen LogP contribution in [-0.2, 0) is 6.54 Å². The van der Waals surface area contributed by atoms with E-state index in [0.717, 1.165) is 16.1 Å². The molecule has 0 aromatic carbocycles. The number of aromatic nitrogens is 1. The summed E-state index contributed by atoms with van der Waals surface area (Å²) in [7, 11) is 1.77. The van der Waals surface area contributed by atoms with Crippen LogP contribution >= 0.6 is 11.3 Å². The van der Waals surface area contributed by atoms with E-state index < -0.39 is 0 Å². The summed E-state index contributed by atoms with van der Waals surface area (Å²) in [5.41, 5.74) is 2.33. The van der Waals surface area contributed by atoms with E-state index in [4.69, 9.17) is 5.11 Å². The van der Waals surface area contributed by atoms with Crippen molar-refractivity contribution in [2.45, 2.75) is 13.5 Å². The van der Waals surface area contributed by atoms with Crippen molar-refractivity contribution in [1.29, 1.82) is 0 Å². The number of rotatable bonds is 3. The van der Waals surface area contributed by atoms with E-state index in [1.165, 1.54) is 0 Å². The van der Waals surface area contributed by atoms with Crippen LogP contribution in [-0.4, -0.2) is 34.6 Å². The summed E-state index contributed by atoms with van der Waals surface area (Å²) in [6.45, 7) is 2.25. The van der Waals surface area contributed by atoms with Crippen LogP contribution in [0, 0.1) is 18.8 Å². The fourth-order valence-corrected chi connectivity index (χ4v) is 2.74. The number of pyridine rings is 1. The molecule has 0 saturated heterocycles. The molecule has 1 amide bonds. The van der Waals surface area contributed by atoms with Gasteiger partial charge in [-0.15, -0.1) is 11.3 Å². The van der Waals surface area contributed by atoms with Crippen molar-refractivity contribution < 1.29 is 9.90 Å². The van der Waals surface area contributed by atoms with Crippen molar-refractivity contribution >= 4 is 17.2 Å². The minimum absolute atomic E-state index is 0.0307. The third-order valence-corrected chi connectivity index (χ3v) is 3.77. The second kappa shape index (κ2) is 7.02. The molecule has 0 unspecified atom stereocenters. The summed E-state index contributed by atoms with van der Waals surface area (Å²) >= 11 is 1.55. The molecule has 0 radical (unpaired) electrons. The second-order valence-electron chi connectivity index (χ2n) is 4.61. The lowest BCUT2D eigenvalue weighted by Gasteiger charge is -2.16. The van der Waals surface area contributed by atoms with Crippen molar-refractivity contribution in [1.82, 2.24) is 9.88 Å². The largest absolute Gasteiger partial charge is 0.384 e. The zero-order chi connectivity index (χ0) is 15.2. The molecule has 0 aliphatic rings. The molecule has 0 spiro atoms. The molecule has 4 nitrogen and oxygen atoms in total. The van der Waals surface area contributed by atoms with Gasteiger partial charge in [0.05, 0.1) is 6.54 Å². The van der Waals surface area contributed by atoms with Crippen LogP contribution in [0.5, 0.6) is 0 Å². The molecule has 2 rings (SSSR count). The lowest BCUT2D eigenvalue weighted by atomic mass is 10.2. The first kappa shape index (κ1) is 15.2. The van der Waals surface area contributed by atoms with Gasteiger partial charge in [0.25, 0.3) is 5.91 Å². The van der Waals surface area contributed by atoms with Crippen LogP contribution in [0.2, 0.25) is 0 Å². The Morgan fingerprint density at radius 3 is 3.00 bits per heavy atom. The summed E-state index contributed by atoms with van der Waals surface area (Å²) in [6.07, 6.45) is 1.64. The maximum atomic E-state index is 12.3. The fourth-order valence-electron chi connectivity index (χ4n) is 1.88. The maximum absolute atomic E-state index is 12.3. The van der Waals surface area contributed by atoms with E-state index in [2.05, 4.69) is 16.8 Å². The minimum atomic E-state index is -0.148. The zero-order valence-electron chi connectivity index (χ0n) is 12.0. The van der Waals surface area contributed by atoms with Gasteiger partial charge in [0, 0.05) is 40.3 Å². The van der Waals surface area contributed by atoms with Crippen LogP contribution in [0.25, 0.3) is 0 Å². The van der Waals surface area contributed by atoms with Gasteiger partial charge in [-0.2, -0.15) is 0 Å². The van der Waals surface area contributed by atoms with E-state index in [-0.39, 0.29) is 12.5 Å². The van der Waals surface area contributed by atoms with Gasteiger partial charge >= 0.3 is 0 Å². The molecule has 21 heavy (non-hydrogen) atoms. The van der Waals surface area contributed by atoms with Crippen LogP contribution in [0.3, 0.4) is 0 Å². The van der Waals surface area contributed by atoms with Gasteiger partial charge in [-0.1, -0.05) is 11.8 Å². The van der Waals surface area contributed by atoms with Crippen LogP contribution in [0.4, 0.5) is 0 Å². The number of aliphatic hydroxyl groups excluding tert-OH is 1. The molecule has 0 bridgehead atoms. The first-order chi connectivity index (χ1) is 10.1. The van der Waals surface area contributed by atoms with Crippen molar-refractivity contribution in [3.8, 4) is 11.8 Å². The van der Waals surface area contributed by atoms with E-state index >= 15 is 0 Å². The van der Waals surface area contributed by atoms with Crippen LogP contribution < -0.4 is 0 Å². The summed E-state index contributed by atoms with van der Waals surface area (Å²) in [6, 6.07) is 5.44. The molecule has 1 N–H and O–H groups in total. The predicted molar refractivity (Wildman–Crippen MR) is 83.1 cm³/mol. The van der Waals surface area contributed by atoms with Crippen molar-refractivity contribution in [3.63, 3.8) is 0 Å². The Balaban J connectivity index is 2.05. The molecule has 0 fully saturated rings. The topological polar surface area (TPSA) is 53.4 Å². The molecule has 2 heterocycles. The fraction of sp³-hybridized carbons (Fsp3) is 0.250. The first-order valence-corrected chi connectivity index (χ1v) is 7.33. The molecule has 5 heteroatoms. The van der Waals surface area contributed by atoms with E-state index in [1.54, 1.807) is 41.6 Å². The maximum Gasteiger partial charge on any atom is 0.254 e. The van der Waals surface area contributed by atoms with Crippen LogP contribution in [0.1, 0.15) is 26.5 Å². The number of aryl methyl sites for hydroxylation is 1. The molecule has 2 aromatic heterocycles. The molecular weight excluding hydrogens is 284 g/mol. The zero-order valence-corrected chi connectivity index (χ0v) is 12.8. The molecule has 0 aliphatic heterocycles. The quantitative estimate of drug-likeness (QED) is 0.883. The second-order valence-corrected chi connectivity index (χ2v) is 5.60. The van der Waals surface area contributed by atoms with Gasteiger partial charge in [-0.05, 0) is 25.1 Å². The van der Waals surface area contributed by atoms with Gasteiger partial charge in [-0.25, -0.2) is 0 Å². The third-order valence-electron chi connectivity index (χ3n) is 2.85. The lowest BCUT2D eigenvalue weighted by Crippen LogP contribution is -2.25. The highest BCUT2D eigenvalue weighted by Crippen LogP contribution is 2.17. The Bertz CT molecular complexity index is 698. The summed E-state index contributed by atoms with van der Waals surface area (Å²) in [4.78, 5) is 19.1. The number of amides is 1. The lowest BCUT2D eigenvalue weighted by molar-refractivity contribution is 0.0786. The van der Waals surface area contributed by atoms with Gasteiger partial charge in [-0.3, -0.25) is 9.78 Å². The number of hydrogen-bond acceptors (Lipinski definition) is 4. The smallest absolute Gasteiger partial charge is 0.254 e. The van der Waals surface area contributed by atoms with Gasteiger partial charge in [0.15, 0.2) is 0 Å². The SMILES string of the molecule is Cc1cc(C(=O)N(C)Cc2cc(C#CCO)cs2)ccn1. The highest BCUT2D eigenvalue weighted by Gasteiger charge is 2.13. The molecule has 2 aromatic rings. The van der Waals surface area contributed by atoms with Gasteiger partial charge in [0.2, 0.25) is 0 Å². The Morgan fingerprint density at radius 1 is 1.48 bits per heavy atom. The average Bonchev–Trinajstić information content (AvgIpc) is 2.91.